The van der Waals surface area contributed by atoms with E-state index in [0.717, 1.165) is 0 Å². The summed E-state index contributed by atoms with van der Waals surface area (Å²) in [4.78, 5) is 11.4. The molecule has 1 N–H and O–H groups in total. The van der Waals surface area contributed by atoms with E-state index in [1.807, 2.05) is 6.92 Å². The maximum atomic E-state index is 12.2. The van der Waals surface area contributed by atoms with Crippen LogP contribution in [0.15, 0.2) is 53.4 Å². The molecule has 0 bridgehead atoms. The summed E-state index contributed by atoms with van der Waals surface area (Å²) in [5.74, 6) is 6.22. The van der Waals surface area contributed by atoms with E-state index in [1.54, 1.807) is 36.4 Å². The highest BCUT2D eigenvalue weighted by molar-refractivity contribution is 7.89. The van der Waals surface area contributed by atoms with Gasteiger partial charge in [-0.05, 0) is 50.2 Å². The van der Waals surface area contributed by atoms with Crippen LogP contribution in [0.2, 0.25) is 0 Å². The number of hydrogen-bond donors (Lipinski definition) is 1. The summed E-state index contributed by atoms with van der Waals surface area (Å²) in [5.41, 5.74) is 1.33. The summed E-state index contributed by atoms with van der Waals surface area (Å²) >= 11 is 0. The van der Waals surface area contributed by atoms with Gasteiger partial charge in [-0.3, -0.25) is 4.79 Å². The van der Waals surface area contributed by atoms with Crippen LogP contribution in [0.4, 0.5) is 0 Å². The van der Waals surface area contributed by atoms with E-state index in [1.165, 1.54) is 19.1 Å². The lowest BCUT2D eigenvalue weighted by atomic mass is 10.1. The second-order valence-electron chi connectivity index (χ2n) is 5.16. The Hall–Kier alpha value is -2.62. The average Bonchev–Trinajstić information content (AvgIpc) is 2.60. The van der Waals surface area contributed by atoms with E-state index in [2.05, 4.69) is 16.6 Å². The molecule has 2 aromatic carbocycles. The van der Waals surface area contributed by atoms with Crippen LogP contribution in [0, 0.1) is 11.8 Å². The van der Waals surface area contributed by atoms with E-state index in [0.29, 0.717) is 23.5 Å². The lowest BCUT2D eigenvalue weighted by molar-refractivity contribution is 0.101. The van der Waals surface area contributed by atoms with Crippen molar-refractivity contribution >= 4 is 15.8 Å². The van der Waals surface area contributed by atoms with Crippen molar-refractivity contribution in [2.45, 2.75) is 18.7 Å². The number of carbonyl (C=O) groups excluding carboxylic acids is 1. The Morgan fingerprint density at radius 3 is 2.28 bits per heavy atom. The number of sulfonamides is 1. The molecular formula is C19H19NO4S. The van der Waals surface area contributed by atoms with Crippen LogP contribution in [0.25, 0.3) is 0 Å². The van der Waals surface area contributed by atoms with Crippen LogP contribution in [-0.4, -0.2) is 27.4 Å². The Kier molecular flexibility index (Phi) is 6.34. The highest BCUT2D eigenvalue weighted by Crippen LogP contribution is 2.15. The van der Waals surface area contributed by atoms with Gasteiger partial charge in [0.2, 0.25) is 10.0 Å². The molecule has 0 unspecified atom stereocenters. The van der Waals surface area contributed by atoms with Gasteiger partial charge in [0.15, 0.2) is 5.78 Å². The first kappa shape index (κ1) is 18.7. The first-order valence-corrected chi connectivity index (χ1v) is 9.23. The van der Waals surface area contributed by atoms with Crippen molar-refractivity contribution in [2.24, 2.45) is 0 Å². The maximum Gasteiger partial charge on any atom is 0.241 e. The molecule has 0 saturated carbocycles. The molecule has 0 fully saturated rings. The number of carbonyl (C=O) groups is 1. The molecule has 0 radical (unpaired) electrons. The third kappa shape index (κ3) is 5.45. The Morgan fingerprint density at radius 2 is 1.72 bits per heavy atom. The summed E-state index contributed by atoms with van der Waals surface area (Å²) < 4.78 is 32.1. The third-order valence-electron chi connectivity index (χ3n) is 3.32. The van der Waals surface area contributed by atoms with Crippen molar-refractivity contribution in [3.05, 3.63) is 59.7 Å². The van der Waals surface area contributed by atoms with Gasteiger partial charge in [0, 0.05) is 11.1 Å². The monoisotopic (exact) mass is 357 g/mol. The smallest absolute Gasteiger partial charge is 0.241 e. The molecule has 0 aliphatic rings. The number of Topliss-reactive ketones (excluding diaryl/α,β-unsaturated/α-hetero) is 1. The van der Waals surface area contributed by atoms with E-state index >= 15 is 0 Å². The fourth-order valence-corrected chi connectivity index (χ4v) is 2.95. The molecule has 0 spiro atoms. The number of hydrogen-bond acceptors (Lipinski definition) is 4. The summed E-state index contributed by atoms with van der Waals surface area (Å²) in [6.07, 6.45) is 0. The van der Waals surface area contributed by atoms with Crippen LogP contribution in [0.3, 0.4) is 0 Å². The molecule has 0 atom stereocenters. The summed E-state index contributed by atoms with van der Waals surface area (Å²) in [7, 11) is -3.62. The van der Waals surface area contributed by atoms with E-state index < -0.39 is 10.0 Å². The topological polar surface area (TPSA) is 72.5 Å². The molecule has 5 nitrogen and oxygen atoms in total. The summed E-state index contributed by atoms with van der Waals surface area (Å²) in [6.45, 7) is 3.87. The molecule has 130 valence electrons. The van der Waals surface area contributed by atoms with E-state index in [4.69, 9.17) is 4.74 Å². The zero-order valence-electron chi connectivity index (χ0n) is 14.1. The van der Waals surface area contributed by atoms with Crippen LogP contribution in [-0.2, 0) is 10.0 Å². The van der Waals surface area contributed by atoms with Crippen molar-refractivity contribution in [2.75, 3.05) is 13.2 Å². The fraction of sp³-hybridized carbons (Fsp3) is 0.211. The molecule has 2 rings (SSSR count). The first-order valence-electron chi connectivity index (χ1n) is 7.75. The molecule has 0 heterocycles. The Bertz CT molecular complexity index is 889. The molecule has 25 heavy (non-hydrogen) atoms. The van der Waals surface area contributed by atoms with Crippen molar-refractivity contribution in [3.8, 4) is 17.6 Å². The minimum atomic E-state index is -3.62. The van der Waals surface area contributed by atoms with Crippen LogP contribution >= 0.6 is 0 Å². The number of ketones is 1. The van der Waals surface area contributed by atoms with Crippen LogP contribution in [0.1, 0.15) is 29.8 Å². The molecule has 0 saturated heterocycles. The largest absolute Gasteiger partial charge is 0.494 e. The number of ether oxygens (including phenoxy) is 1. The van der Waals surface area contributed by atoms with Crippen molar-refractivity contribution in [1.82, 2.24) is 4.72 Å². The highest BCUT2D eigenvalue weighted by atomic mass is 32.2. The van der Waals surface area contributed by atoms with Gasteiger partial charge < -0.3 is 4.74 Å². The van der Waals surface area contributed by atoms with Gasteiger partial charge in [0.1, 0.15) is 5.75 Å². The molecule has 2 aromatic rings. The lowest BCUT2D eigenvalue weighted by Gasteiger charge is -2.06. The number of rotatable bonds is 6. The second kappa shape index (κ2) is 8.47. The Labute approximate surface area is 148 Å². The summed E-state index contributed by atoms with van der Waals surface area (Å²) in [5, 5.41) is 0. The highest BCUT2D eigenvalue weighted by Gasteiger charge is 2.12. The van der Waals surface area contributed by atoms with Crippen molar-refractivity contribution in [3.63, 3.8) is 0 Å². The minimum absolute atomic E-state index is 0.00992. The van der Waals surface area contributed by atoms with E-state index in [9.17, 15) is 13.2 Å². The second-order valence-corrected chi connectivity index (χ2v) is 6.93. The molecule has 6 heteroatoms. The standard InChI is InChI=1S/C19H19NO4S/c1-3-24-18-10-12-19(13-11-18)25(22,23)20-14-4-5-16-6-8-17(9-7-16)15(2)21/h6-13,20H,3,14H2,1-2H3. The van der Waals surface area contributed by atoms with Gasteiger partial charge in [-0.1, -0.05) is 24.0 Å². The SMILES string of the molecule is CCOc1ccc(S(=O)(=O)NCC#Cc2ccc(C(C)=O)cc2)cc1. The third-order valence-corrected chi connectivity index (χ3v) is 4.74. The van der Waals surface area contributed by atoms with Gasteiger partial charge in [0.25, 0.3) is 0 Å². The van der Waals surface area contributed by atoms with Crippen molar-refractivity contribution in [1.29, 1.82) is 0 Å². The minimum Gasteiger partial charge on any atom is -0.494 e. The number of benzene rings is 2. The van der Waals surface area contributed by atoms with Crippen LogP contribution in [0.5, 0.6) is 5.75 Å². The van der Waals surface area contributed by atoms with Gasteiger partial charge in [-0.2, -0.15) is 4.72 Å². The zero-order chi connectivity index (χ0) is 18.3. The molecule has 0 aromatic heterocycles. The van der Waals surface area contributed by atoms with Gasteiger partial charge in [0.05, 0.1) is 18.0 Å². The van der Waals surface area contributed by atoms with Crippen LogP contribution < -0.4 is 9.46 Å². The average molecular weight is 357 g/mol. The Balaban J connectivity index is 1.97. The molecule has 0 amide bonds. The maximum absolute atomic E-state index is 12.2. The van der Waals surface area contributed by atoms with E-state index in [-0.39, 0.29) is 17.2 Å². The van der Waals surface area contributed by atoms with Gasteiger partial charge >= 0.3 is 0 Å². The zero-order valence-corrected chi connectivity index (χ0v) is 14.9. The fourth-order valence-electron chi connectivity index (χ4n) is 2.03. The van der Waals surface area contributed by atoms with Crippen molar-refractivity contribution < 1.29 is 17.9 Å². The van der Waals surface area contributed by atoms with Gasteiger partial charge in [-0.25, -0.2) is 8.42 Å². The Morgan fingerprint density at radius 1 is 1.08 bits per heavy atom. The first-order chi connectivity index (χ1) is 11.9. The lowest BCUT2D eigenvalue weighted by Crippen LogP contribution is -2.23. The quantitative estimate of drug-likeness (QED) is 0.637. The predicted molar refractivity (Wildman–Crippen MR) is 96.1 cm³/mol. The summed E-state index contributed by atoms with van der Waals surface area (Å²) in [6, 6.07) is 13.0. The normalized spacial score (nSPS) is 10.6. The molecular weight excluding hydrogens is 338 g/mol. The molecule has 0 aliphatic heterocycles. The predicted octanol–water partition coefficient (Wildman–Crippen LogP) is 2.62. The molecule has 0 aliphatic carbocycles. The number of nitrogens with one attached hydrogen (secondary N) is 1. The van der Waals surface area contributed by atoms with Gasteiger partial charge in [-0.15, -0.1) is 0 Å².